The highest BCUT2D eigenvalue weighted by atomic mass is 16.5. The molecule has 0 fully saturated rings. The average Bonchev–Trinajstić information content (AvgIpc) is 2.28. The number of ether oxygens (including phenoxy) is 1. The van der Waals surface area contributed by atoms with Crippen molar-refractivity contribution in [2.75, 3.05) is 7.11 Å². The molecule has 1 rings (SSSR count). The lowest BCUT2D eigenvalue weighted by Crippen LogP contribution is -2.54. The molecule has 4 N–H and O–H groups in total. The largest absolute Gasteiger partial charge is 0.372 e. The first kappa shape index (κ1) is 12.2. The number of hydrogen-bond donors (Lipinski definition) is 2. The first-order valence-electron chi connectivity index (χ1n) is 5.14. The van der Waals surface area contributed by atoms with Crippen LogP contribution in [0.5, 0.6) is 0 Å². The van der Waals surface area contributed by atoms with Crippen molar-refractivity contribution >= 4 is 0 Å². The van der Waals surface area contributed by atoms with Gasteiger partial charge in [0.2, 0.25) is 0 Å². The highest BCUT2D eigenvalue weighted by Crippen LogP contribution is 2.28. The summed E-state index contributed by atoms with van der Waals surface area (Å²) in [5.74, 6) is 0. The van der Waals surface area contributed by atoms with Crippen molar-refractivity contribution in [1.82, 2.24) is 0 Å². The molecule has 0 heterocycles. The van der Waals surface area contributed by atoms with E-state index in [1.165, 1.54) is 0 Å². The highest BCUT2D eigenvalue weighted by molar-refractivity contribution is 5.24. The van der Waals surface area contributed by atoms with Crippen molar-refractivity contribution < 1.29 is 4.74 Å². The molecule has 0 amide bonds. The molecular formula is C12H20N2O. The topological polar surface area (TPSA) is 61.3 Å². The van der Waals surface area contributed by atoms with Gasteiger partial charge in [-0.25, -0.2) is 0 Å². The quantitative estimate of drug-likeness (QED) is 0.782. The Hall–Kier alpha value is -0.900. The lowest BCUT2D eigenvalue weighted by atomic mass is 9.85. The average molecular weight is 208 g/mol. The van der Waals surface area contributed by atoms with E-state index >= 15 is 0 Å². The Morgan fingerprint density at radius 2 is 1.73 bits per heavy atom. The fourth-order valence-corrected chi connectivity index (χ4v) is 1.72. The van der Waals surface area contributed by atoms with Crippen molar-refractivity contribution in [3.8, 4) is 0 Å². The van der Waals surface area contributed by atoms with Crippen LogP contribution in [0.25, 0.3) is 0 Å². The molecule has 3 nitrogen and oxygen atoms in total. The van der Waals surface area contributed by atoms with Crippen LogP contribution in [0.3, 0.4) is 0 Å². The molecule has 84 valence electrons. The van der Waals surface area contributed by atoms with E-state index in [0.717, 1.165) is 5.56 Å². The van der Waals surface area contributed by atoms with Crippen LogP contribution >= 0.6 is 0 Å². The van der Waals surface area contributed by atoms with Crippen LogP contribution in [-0.2, 0) is 10.3 Å². The minimum absolute atomic E-state index is 0.116. The Morgan fingerprint density at radius 3 is 2.13 bits per heavy atom. The summed E-state index contributed by atoms with van der Waals surface area (Å²) in [6.45, 7) is 3.86. The second-order valence-corrected chi connectivity index (χ2v) is 4.06. The molecule has 3 heteroatoms. The molecule has 0 aromatic heterocycles. The van der Waals surface area contributed by atoms with E-state index in [-0.39, 0.29) is 12.1 Å². The maximum Gasteiger partial charge on any atom is 0.106 e. The Labute approximate surface area is 91.4 Å². The molecule has 1 aromatic rings. The van der Waals surface area contributed by atoms with Crippen molar-refractivity contribution in [3.05, 3.63) is 35.9 Å². The van der Waals surface area contributed by atoms with Gasteiger partial charge in [0.1, 0.15) is 5.60 Å². The van der Waals surface area contributed by atoms with E-state index in [2.05, 4.69) is 0 Å². The maximum absolute atomic E-state index is 6.09. The molecule has 0 bridgehead atoms. The van der Waals surface area contributed by atoms with Crippen LogP contribution in [0.2, 0.25) is 0 Å². The summed E-state index contributed by atoms with van der Waals surface area (Å²) in [6.07, 6.45) is 0. The van der Waals surface area contributed by atoms with Gasteiger partial charge in [-0.2, -0.15) is 0 Å². The van der Waals surface area contributed by atoms with Gasteiger partial charge in [0, 0.05) is 13.2 Å². The predicted molar refractivity (Wildman–Crippen MR) is 62.4 cm³/mol. The van der Waals surface area contributed by atoms with Gasteiger partial charge in [0.15, 0.2) is 0 Å². The second kappa shape index (κ2) is 4.75. The van der Waals surface area contributed by atoms with Crippen LogP contribution in [0.1, 0.15) is 19.4 Å². The minimum atomic E-state index is -0.532. The Kier molecular flexibility index (Phi) is 3.85. The summed E-state index contributed by atoms with van der Waals surface area (Å²) in [5, 5.41) is 0. The van der Waals surface area contributed by atoms with E-state index in [1.807, 2.05) is 44.2 Å². The van der Waals surface area contributed by atoms with Crippen molar-refractivity contribution in [1.29, 1.82) is 0 Å². The normalized spacial score (nSPS) is 19.3. The number of nitrogens with two attached hydrogens (primary N) is 2. The van der Waals surface area contributed by atoms with Gasteiger partial charge in [0.25, 0.3) is 0 Å². The first-order valence-corrected chi connectivity index (χ1v) is 5.14. The van der Waals surface area contributed by atoms with Crippen LogP contribution in [0.15, 0.2) is 30.3 Å². The molecular weight excluding hydrogens is 188 g/mol. The molecule has 0 saturated carbocycles. The van der Waals surface area contributed by atoms with E-state index < -0.39 is 5.60 Å². The van der Waals surface area contributed by atoms with E-state index in [4.69, 9.17) is 16.2 Å². The molecule has 0 spiro atoms. The standard InChI is InChI=1S/C12H20N2O/c1-9(13)11(14)12(2,15-3)10-7-5-4-6-8-10/h4-9,11H,13-14H2,1-3H3. The second-order valence-electron chi connectivity index (χ2n) is 4.06. The monoisotopic (exact) mass is 208 g/mol. The molecule has 0 aliphatic carbocycles. The number of rotatable bonds is 4. The molecule has 0 radical (unpaired) electrons. The zero-order chi connectivity index (χ0) is 11.5. The summed E-state index contributed by atoms with van der Waals surface area (Å²) in [6, 6.07) is 9.58. The fourth-order valence-electron chi connectivity index (χ4n) is 1.72. The summed E-state index contributed by atoms with van der Waals surface area (Å²) < 4.78 is 5.54. The smallest absolute Gasteiger partial charge is 0.106 e. The third-order valence-electron chi connectivity index (χ3n) is 2.97. The van der Waals surface area contributed by atoms with Gasteiger partial charge in [-0.1, -0.05) is 30.3 Å². The Bertz CT molecular complexity index is 300. The van der Waals surface area contributed by atoms with Crippen LogP contribution in [-0.4, -0.2) is 19.2 Å². The molecule has 0 saturated heterocycles. The zero-order valence-corrected chi connectivity index (χ0v) is 9.60. The molecule has 3 unspecified atom stereocenters. The Balaban J connectivity index is 3.05. The van der Waals surface area contributed by atoms with Crippen molar-refractivity contribution in [2.24, 2.45) is 11.5 Å². The summed E-state index contributed by atoms with van der Waals surface area (Å²) >= 11 is 0. The van der Waals surface area contributed by atoms with Crippen molar-refractivity contribution in [2.45, 2.75) is 31.5 Å². The maximum atomic E-state index is 6.09. The lowest BCUT2D eigenvalue weighted by Gasteiger charge is -2.36. The van der Waals surface area contributed by atoms with Crippen LogP contribution in [0, 0.1) is 0 Å². The molecule has 15 heavy (non-hydrogen) atoms. The summed E-state index contributed by atoms with van der Waals surface area (Å²) in [4.78, 5) is 0. The molecule has 3 atom stereocenters. The molecule has 1 aromatic carbocycles. The van der Waals surface area contributed by atoms with Crippen LogP contribution in [0.4, 0.5) is 0 Å². The van der Waals surface area contributed by atoms with Gasteiger partial charge in [-0.3, -0.25) is 0 Å². The van der Waals surface area contributed by atoms with E-state index in [1.54, 1.807) is 7.11 Å². The first-order chi connectivity index (χ1) is 7.02. The van der Waals surface area contributed by atoms with Gasteiger partial charge in [-0.05, 0) is 19.4 Å². The van der Waals surface area contributed by atoms with Gasteiger partial charge < -0.3 is 16.2 Å². The minimum Gasteiger partial charge on any atom is -0.372 e. The van der Waals surface area contributed by atoms with E-state index in [9.17, 15) is 0 Å². The van der Waals surface area contributed by atoms with E-state index in [0.29, 0.717) is 0 Å². The number of methoxy groups -OCH3 is 1. The Morgan fingerprint density at radius 1 is 1.20 bits per heavy atom. The van der Waals surface area contributed by atoms with Gasteiger partial charge >= 0.3 is 0 Å². The highest BCUT2D eigenvalue weighted by Gasteiger charge is 2.35. The number of hydrogen-bond acceptors (Lipinski definition) is 3. The van der Waals surface area contributed by atoms with Gasteiger partial charge in [0.05, 0.1) is 6.04 Å². The lowest BCUT2D eigenvalue weighted by molar-refractivity contribution is -0.0253. The third-order valence-corrected chi connectivity index (χ3v) is 2.97. The predicted octanol–water partition coefficient (Wildman–Crippen LogP) is 1.22. The van der Waals surface area contributed by atoms with Crippen molar-refractivity contribution in [3.63, 3.8) is 0 Å². The third kappa shape index (κ3) is 2.37. The zero-order valence-electron chi connectivity index (χ0n) is 9.60. The molecule has 0 aliphatic rings. The summed E-state index contributed by atoms with van der Waals surface area (Å²) in [5.41, 5.74) is 12.4. The fraction of sp³-hybridized carbons (Fsp3) is 0.500. The SMILES string of the molecule is COC(C)(c1ccccc1)C(N)C(C)N. The number of benzene rings is 1. The van der Waals surface area contributed by atoms with Crippen LogP contribution < -0.4 is 11.5 Å². The molecule has 0 aliphatic heterocycles. The summed E-state index contributed by atoms with van der Waals surface area (Å²) in [7, 11) is 1.66. The van der Waals surface area contributed by atoms with Gasteiger partial charge in [-0.15, -0.1) is 0 Å².